The second kappa shape index (κ2) is 5.76. The minimum atomic E-state index is -0.208. The van der Waals surface area contributed by atoms with Crippen molar-refractivity contribution in [2.45, 2.75) is 70.9 Å². The van der Waals surface area contributed by atoms with Crippen molar-refractivity contribution in [2.24, 2.45) is 0 Å². The van der Waals surface area contributed by atoms with Gasteiger partial charge in [0.1, 0.15) is 0 Å². The third kappa shape index (κ3) is 3.58. The van der Waals surface area contributed by atoms with E-state index in [9.17, 15) is 4.79 Å². The third-order valence-corrected chi connectivity index (χ3v) is 3.76. The fourth-order valence-electron chi connectivity index (χ4n) is 2.66. The Morgan fingerprint density at radius 3 is 2.42 bits per heavy atom. The van der Waals surface area contributed by atoms with Crippen molar-refractivity contribution in [3.05, 3.63) is 22.7 Å². The minimum Gasteiger partial charge on any atom is -0.363 e. The molecule has 2 rings (SSSR count). The van der Waals surface area contributed by atoms with E-state index in [0.29, 0.717) is 11.9 Å². The van der Waals surface area contributed by atoms with Crippen molar-refractivity contribution < 1.29 is 0 Å². The maximum Gasteiger partial charge on any atom is 0.293 e. The zero-order valence-electron chi connectivity index (χ0n) is 12.3. The first-order valence-electron chi connectivity index (χ1n) is 7.33. The van der Waals surface area contributed by atoms with Crippen LogP contribution in [0.5, 0.6) is 0 Å². The van der Waals surface area contributed by atoms with Gasteiger partial charge in [0.2, 0.25) is 0 Å². The van der Waals surface area contributed by atoms with Gasteiger partial charge >= 0.3 is 0 Å². The lowest BCUT2D eigenvalue weighted by Gasteiger charge is -2.23. The second-order valence-corrected chi connectivity index (χ2v) is 6.45. The highest BCUT2D eigenvalue weighted by Crippen LogP contribution is 2.19. The molecule has 0 radical (unpaired) electrons. The highest BCUT2D eigenvalue weighted by Gasteiger charge is 2.19. The summed E-state index contributed by atoms with van der Waals surface area (Å²) in [7, 11) is 0. The molecule has 1 heterocycles. The van der Waals surface area contributed by atoms with E-state index in [2.05, 4.69) is 10.3 Å². The molecule has 0 aliphatic heterocycles. The van der Waals surface area contributed by atoms with Crippen LogP contribution in [0, 0.1) is 0 Å². The minimum absolute atomic E-state index is 0.0146. The van der Waals surface area contributed by atoms with Crippen LogP contribution in [-0.2, 0) is 5.54 Å². The van der Waals surface area contributed by atoms with Crippen molar-refractivity contribution in [1.82, 2.24) is 9.55 Å². The number of aromatic nitrogens is 2. The van der Waals surface area contributed by atoms with Gasteiger partial charge in [0, 0.05) is 24.0 Å². The molecule has 1 aromatic heterocycles. The Bertz CT molecular complexity index is 465. The first-order valence-corrected chi connectivity index (χ1v) is 7.33. The standard InChI is InChI=1S/C15H25N3O/c1-15(2,3)18-11-10-16-13(14(18)19)17-12-8-6-4-5-7-9-12/h10-12H,4-9H2,1-3H3,(H,16,17). The maximum atomic E-state index is 12.4. The molecule has 0 saturated heterocycles. The molecule has 1 fully saturated rings. The fraction of sp³-hybridized carbons (Fsp3) is 0.733. The number of rotatable bonds is 2. The molecule has 0 aromatic carbocycles. The van der Waals surface area contributed by atoms with Crippen LogP contribution in [0.25, 0.3) is 0 Å². The first kappa shape index (κ1) is 14.1. The molecule has 0 atom stereocenters. The smallest absolute Gasteiger partial charge is 0.293 e. The summed E-state index contributed by atoms with van der Waals surface area (Å²) in [6.07, 6.45) is 10.9. The Labute approximate surface area is 115 Å². The highest BCUT2D eigenvalue weighted by atomic mass is 16.1. The Morgan fingerprint density at radius 1 is 1.21 bits per heavy atom. The Kier molecular flexibility index (Phi) is 4.27. The lowest BCUT2D eigenvalue weighted by molar-refractivity contribution is 0.383. The molecule has 4 heteroatoms. The quantitative estimate of drug-likeness (QED) is 0.834. The van der Waals surface area contributed by atoms with Crippen LogP contribution >= 0.6 is 0 Å². The van der Waals surface area contributed by atoms with Gasteiger partial charge in [0.25, 0.3) is 5.56 Å². The summed E-state index contributed by atoms with van der Waals surface area (Å²) in [5, 5.41) is 3.36. The van der Waals surface area contributed by atoms with E-state index in [-0.39, 0.29) is 11.1 Å². The molecule has 0 spiro atoms. The Balaban J connectivity index is 2.18. The molecule has 106 valence electrons. The lowest BCUT2D eigenvalue weighted by atomic mass is 10.1. The zero-order chi connectivity index (χ0) is 13.9. The van der Waals surface area contributed by atoms with Gasteiger partial charge in [-0.05, 0) is 33.6 Å². The van der Waals surface area contributed by atoms with Crippen LogP contribution in [0.15, 0.2) is 17.2 Å². The first-order chi connectivity index (χ1) is 8.98. The number of hydrogen-bond donors (Lipinski definition) is 1. The monoisotopic (exact) mass is 263 g/mol. The van der Waals surface area contributed by atoms with Crippen LogP contribution in [0.3, 0.4) is 0 Å². The maximum absolute atomic E-state index is 12.4. The van der Waals surface area contributed by atoms with E-state index in [4.69, 9.17) is 0 Å². The summed E-state index contributed by atoms with van der Waals surface area (Å²) in [5.41, 5.74) is -0.223. The molecule has 1 aliphatic carbocycles. The van der Waals surface area contributed by atoms with Gasteiger partial charge in [-0.15, -0.1) is 0 Å². The Morgan fingerprint density at radius 2 is 1.84 bits per heavy atom. The SMILES string of the molecule is CC(C)(C)n1ccnc(NC2CCCCCC2)c1=O. The summed E-state index contributed by atoms with van der Waals surface area (Å²) in [6.45, 7) is 6.09. The van der Waals surface area contributed by atoms with Crippen molar-refractivity contribution in [3.63, 3.8) is 0 Å². The molecule has 4 nitrogen and oxygen atoms in total. The Hall–Kier alpha value is -1.32. The lowest BCUT2D eigenvalue weighted by Crippen LogP contribution is -2.36. The van der Waals surface area contributed by atoms with Crippen LogP contribution in [0.1, 0.15) is 59.3 Å². The van der Waals surface area contributed by atoms with E-state index in [1.54, 1.807) is 17.0 Å². The molecular formula is C15H25N3O. The number of hydrogen-bond acceptors (Lipinski definition) is 3. The van der Waals surface area contributed by atoms with Crippen molar-refractivity contribution in [1.29, 1.82) is 0 Å². The number of anilines is 1. The van der Waals surface area contributed by atoms with E-state index in [0.717, 1.165) is 12.8 Å². The third-order valence-electron chi connectivity index (χ3n) is 3.76. The molecule has 0 bridgehead atoms. The summed E-state index contributed by atoms with van der Waals surface area (Å²) in [5.74, 6) is 0.504. The molecule has 1 N–H and O–H groups in total. The van der Waals surface area contributed by atoms with E-state index < -0.39 is 0 Å². The number of nitrogens with one attached hydrogen (secondary N) is 1. The van der Waals surface area contributed by atoms with Crippen LogP contribution < -0.4 is 10.9 Å². The largest absolute Gasteiger partial charge is 0.363 e. The average molecular weight is 263 g/mol. The molecule has 1 saturated carbocycles. The summed E-state index contributed by atoms with van der Waals surface area (Å²) in [6, 6.07) is 0.401. The van der Waals surface area contributed by atoms with Gasteiger partial charge in [-0.2, -0.15) is 0 Å². The fourth-order valence-corrected chi connectivity index (χ4v) is 2.66. The molecule has 0 unspecified atom stereocenters. The van der Waals surface area contributed by atoms with Gasteiger partial charge in [0.05, 0.1) is 0 Å². The predicted octanol–water partition coefficient (Wildman–Crippen LogP) is 3.13. The van der Waals surface area contributed by atoms with E-state index in [1.165, 1.54) is 25.7 Å². The van der Waals surface area contributed by atoms with Gasteiger partial charge in [-0.25, -0.2) is 4.98 Å². The van der Waals surface area contributed by atoms with E-state index in [1.807, 2.05) is 20.8 Å². The van der Waals surface area contributed by atoms with Gasteiger partial charge in [-0.3, -0.25) is 4.79 Å². The summed E-state index contributed by atoms with van der Waals surface area (Å²) in [4.78, 5) is 16.6. The van der Waals surface area contributed by atoms with Crippen LogP contribution in [0.2, 0.25) is 0 Å². The van der Waals surface area contributed by atoms with Crippen molar-refractivity contribution in [2.75, 3.05) is 5.32 Å². The molecule has 0 amide bonds. The van der Waals surface area contributed by atoms with Crippen LogP contribution in [0.4, 0.5) is 5.82 Å². The molecule has 19 heavy (non-hydrogen) atoms. The van der Waals surface area contributed by atoms with Gasteiger partial charge < -0.3 is 9.88 Å². The van der Waals surface area contributed by atoms with Crippen LogP contribution in [-0.4, -0.2) is 15.6 Å². The van der Waals surface area contributed by atoms with Crippen molar-refractivity contribution in [3.8, 4) is 0 Å². The summed E-state index contributed by atoms with van der Waals surface area (Å²) >= 11 is 0. The second-order valence-electron chi connectivity index (χ2n) is 6.45. The topological polar surface area (TPSA) is 46.9 Å². The van der Waals surface area contributed by atoms with E-state index >= 15 is 0 Å². The van der Waals surface area contributed by atoms with Gasteiger partial charge in [-0.1, -0.05) is 25.7 Å². The summed E-state index contributed by atoms with van der Waals surface area (Å²) < 4.78 is 1.75. The van der Waals surface area contributed by atoms with Gasteiger partial charge in [0.15, 0.2) is 5.82 Å². The zero-order valence-corrected chi connectivity index (χ0v) is 12.3. The highest BCUT2D eigenvalue weighted by molar-refractivity contribution is 5.32. The normalized spacial score (nSPS) is 18.1. The molecular weight excluding hydrogens is 238 g/mol. The molecule has 1 aromatic rings. The predicted molar refractivity (Wildman–Crippen MR) is 78.6 cm³/mol. The molecule has 1 aliphatic rings. The van der Waals surface area contributed by atoms with Crippen molar-refractivity contribution >= 4 is 5.82 Å². The number of nitrogens with zero attached hydrogens (tertiary/aromatic N) is 2. The average Bonchev–Trinajstić information content (AvgIpc) is 2.59.